The molecule has 11 heteroatoms. The van der Waals surface area contributed by atoms with Gasteiger partial charge in [-0.15, -0.1) is 0 Å². The van der Waals surface area contributed by atoms with Crippen LogP contribution in [0.15, 0.2) is 46.1 Å². The fourth-order valence-electron chi connectivity index (χ4n) is 3.87. The number of rotatable bonds is 7. The summed E-state index contributed by atoms with van der Waals surface area (Å²) in [4.78, 5) is 34.4. The van der Waals surface area contributed by atoms with Crippen molar-refractivity contribution in [2.24, 2.45) is 7.05 Å². The van der Waals surface area contributed by atoms with Crippen molar-refractivity contribution in [3.05, 3.63) is 62.9 Å². The van der Waals surface area contributed by atoms with Crippen molar-refractivity contribution in [3.8, 4) is 28.8 Å². The smallest absolute Gasteiger partial charge is 0.335 e. The van der Waals surface area contributed by atoms with E-state index < -0.39 is 0 Å². The Morgan fingerprint density at radius 1 is 1.09 bits per heavy atom. The number of hydrogen-bond acceptors (Lipinski definition) is 8. The van der Waals surface area contributed by atoms with Gasteiger partial charge in [0.1, 0.15) is 5.39 Å². The van der Waals surface area contributed by atoms with Gasteiger partial charge in [0, 0.05) is 26.7 Å². The summed E-state index contributed by atoms with van der Waals surface area (Å²) < 4.78 is 18.7. The second-order valence-corrected chi connectivity index (χ2v) is 7.67. The van der Waals surface area contributed by atoms with Gasteiger partial charge < -0.3 is 24.2 Å². The Morgan fingerprint density at radius 2 is 1.82 bits per heavy atom. The molecule has 0 aliphatic rings. The van der Waals surface area contributed by atoms with E-state index in [0.29, 0.717) is 35.2 Å². The molecule has 0 radical (unpaired) electrons. The number of nitrogens with one attached hydrogen (secondary N) is 1. The molecule has 178 valence electrons. The number of nitrogens with zero attached hydrogens (tertiary/aromatic N) is 4. The highest BCUT2D eigenvalue weighted by Crippen LogP contribution is 2.41. The Hall–Kier alpha value is -4.41. The number of aromatic hydroxyl groups is 1. The first-order chi connectivity index (χ1) is 16.3. The third kappa shape index (κ3) is 3.81. The van der Waals surface area contributed by atoms with E-state index in [1.807, 2.05) is 6.07 Å². The van der Waals surface area contributed by atoms with Crippen LogP contribution in [-0.4, -0.2) is 52.6 Å². The molecule has 0 spiro atoms. The first kappa shape index (κ1) is 22.8. The van der Waals surface area contributed by atoms with Crippen LogP contribution in [0.4, 0.5) is 5.95 Å². The third-order valence-corrected chi connectivity index (χ3v) is 5.47. The highest BCUT2D eigenvalue weighted by atomic mass is 16.5. The number of ether oxygens (including phenoxy) is 3. The van der Waals surface area contributed by atoms with E-state index in [0.717, 1.165) is 5.56 Å². The Bertz CT molecular complexity index is 1490. The molecule has 0 unspecified atom stereocenters. The maximum atomic E-state index is 13.0. The monoisotopic (exact) mass is 467 g/mol. The Balaban J connectivity index is 1.72. The molecule has 0 bridgehead atoms. The molecular weight excluding hydrogens is 442 g/mol. The molecule has 34 heavy (non-hydrogen) atoms. The van der Waals surface area contributed by atoms with Crippen LogP contribution in [0.25, 0.3) is 16.6 Å². The Kier molecular flexibility index (Phi) is 5.93. The molecule has 0 saturated heterocycles. The molecule has 0 atom stereocenters. The molecule has 0 saturated carbocycles. The SMILES string of the molecule is COc1cc2nc(N(C)Cc3cccc(-n4c(O)cn(C)c4=O)c3)[nH]c(=O)c2c(OC)c1OC. The number of imidazole rings is 1. The van der Waals surface area contributed by atoms with Gasteiger partial charge in [-0.25, -0.2) is 14.3 Å². The number of hydrogen-bond donors (Lipinski definition) is 2. The fraction of sp³-hybridized carbons (Fsp3) is 0.261. The van der Waals surface area contributed by atoms with Crippen LogP contribution in [0.2, 0.25) is 0 Å². The van der Waals surface area contributed by atoms with Gasteiger partial charge in [-0.2, -0.15) is 0 Å². The molecule has 0 amide bonds. The average molecular weight is 467 g/mol. The van der Waals surface area contributed by atoms with Gasteiger partial charge in [0.2, 0.25) is 17.6 Å². The molecule has 4 rings (SSSR count). The third-order valence-electron chi connectivity index (χ3n) is 5.47. The zero-order chi connectivity index (χ0) is 24.6. The molecule has 0 aliphatic heterocycles. The zero-order valence-electron chi connectivity index (χ0n) is 19.4. The van der Waals surface area contributed by atoms with Crippen LogP contribution in [-0.2, 0) is 13.6 Å². The maximum Gasteiger partial charge on any atom is 0.335 e. The predicted octanol–water partition coefficient (Wildman–Crippen LogP) is 1.78. The number of methoxy groups -OCH3 is 3. The highest BCUT2D eigenvalue weighted by molar-refractivity contribution is 5.90. The van der Waals surface area contributed by atoms with Crippen molar-refractivity contribution in [3.63, 3.8) is 0 Å². The van der Waals surface area contributed by atoms with Crippen LogP contribution in [0, 0.1) is 0 Å². The van der Waals surface area contributed by atoms with Gasteiger partial charge in [-0.3, -0.25) is 14.3 Å². The van der Waals surface area contributed by atoms with Gasteiger partial charge in [-0.05, 0) is 17.7 Å². The van der Waals surface area contributed by atoms with Crippen LogP contribution >= 0.6 is 0 Å². The molecular formula is C23H25N5O6. The Labute approximate surface area is 194 Å². The number of benzene rings is 2. The minimum absolute atomic E-state index is 0.156. The summed E-state index contributed by atoms with van der Waals surface area (Å²) in [6.07, 6.45) is 1.35. The lowest BCUT2D eigenvalue weighted by Gasteiger charge is -2.20. The predicted molar refractivity (Wildman–Crippen MR) is 127 cm³/mol. The molecule has 11 nitrogen and oxygen atoms in total. The summed E-state index contributed by atoms with van der Waals surface area (Å²) in [6.45, 7) is 0.370. The lowest BCUT2D eigenvalue weighted by atomic mass is 10.2. The van der Waals surface area contributed by atoms with Crippen LogP contribution in [0.3, 0.4) is 0 Å². The average Bonchev–Trinajstić information content (AvgIpc) is 3.08. The quantitative estimate of drug-likeness (QED) is 0.422. The van der Waals surface area contributed by atoms with Crippen LogP contribution in [0.1, 0.15) is 5.56 Å². The lowest BCUT2D eigenvalue weighted by Crippen LogP contribution is -2.23. The van der Waals surface area contributed by atoms with Crippen molar-refractivity contribution < 1.29 is 19.3 Å². The van der Waals surface area contributed by atoms with Crippen molar-refractivity contribution in [2.45, 2.75) is 6.54 Å². The molecule has 2 heterocycles. The highest BCUT2D eigenvalue weighted by Gasteiger charge is 2.21. The van der Waals surface area contributed by atoms with E-state index in [9.17, 15) is 14.7 Å². The summed E-state index contributed by atoms with van der Waals surface area (Å²) in [5, 5.41) is 10.4. The van der Waals surface area contributed by atoms with Gasteiger partial charge >= 0.3 is 5.69 Å². The topological polar surface area (TPSA) is 124 Å². The second-order valence-electron chi connectivity index (χ2n) is 7.67. The van der Waals surface area contributed by atoms with Gasteiger partial charge in [0.05, 0.1) is 38.7 Å². The van der Waals surface area contributed by atoms with E-state index in [-0.39, 0.29) is 28.3 Å². The van der Waals surface area contributed by atoms with E-state index in [2.05, 4.69) is 9.97 Å². The second kappa shape index (κ2) is 8.85. The number of fused-ring (bicyclic) bond motifs is 1. The summed E-state index contributed by atoms with van der Waals surface area (Å²) in [6, 6.07) is 8.80. The largest absolute Gasteiger partial charge is 0.493 e. The molecule has 0 fully saturated rings. The van der Waals surface area contributed by atoms with Crippen LogP contribution in [0.5, 0.6) is 23.1 Å². The summed E-state index contributed by atoms with van der Waals surface area (Å²) in [5.41, 5.74) is 0.994. The van der Waals surface area contributed by atoms with Gasteiger partial charge in [-0.1, -0.05) is 12.1 Å². The van der Waals surface area contributed by atoms with E-state index in [1.54, 1.807) is 43.3 Å². The minimum atomic E-state index is -0.390. The summed E-state index contributed by atoms with van der Waals surface area (Å²) >= 11 is 0. The van der Waals surface area contributed by atoms with E-state index in [1.165, 1.54) is 36.7 Å². The number of aromatic nitrogens is 4. The number of H-pyrrole nitrogens is 1. The Morgan fingerprint density at radius 3 is 2.44 bits per heavy atom. The summed E-state index contributed by atoms with van der Waals surface area (Å²) in [7, 11) is 7.75. The lowest BCUT2D eigenvalue weighted by molar-refractivity contribution is 0.327. The van der Waals surface area contributed by atoms with Crippen molar-refractivity contribution >= 4 is 16.9 Å². The number of anilines is 1. The molecule has 2 aromatic heterocycles. The number of aromatic amines is 1. The van der Waals surface area contributed by atoms with Crippen molar-refractivity contribution in [2.75, 3.05) is 33.3 Å². The van der Waals surface area contributed by atoms with Crippen molar-refractivity contribution in [1.82, 2.24) is 19.1 Å². The molecule has 4 aromatic rings. The fourth-order valence-corrected chi connectivity index (χ4v) is 3.87. The van der Waals surface area contributed by atoms with Crippen LogP contribution < -0.4 is 30.4 Å². The van der Waals surface area contributed by atoms with E-state index >= 15 is 0 Å². The van der Waals surface area contributed by atoms with Gasteiger partial charge in [0.25, 0.3) is 5.56 Å². The van der Waals surface area contributed by atoms with E-state index in [4.69, 9.17) is 14.2 Å². The molecule has 2 aromatic carbocycles. The molecule has 0 aliphatic carbocycles. The first-order valence-electron chi connectivity index (χ1n) is 10.3. The zero-order valence-corrected chi connectivity index (χ0v) is 19.4. The van der Waals surface area contributed by atoms with Crippen molar-refractivity contribution in [1.29, 1.82) is 0 Å². The molecule has 2 N–H and O–H groups in total. The summed E-state index contributed by atoms with van der Waals surface area (Å²) in [5.74, 6) is 1.11. The first-order valence-corrected chi connectivity index (χ1v) is 10.3. The number of aryl methyl sites for hydroxylation is 1. The maximum absolute atomic E-state index is 13.0. The minimum Gasteiger partial charge on any atom is -0.493 e. The normalized spacial score (nSPS) is 11.0. The standard InChI is InChI=1S/C23H25N5O6/c1-26(11-13-7-6-8-14(9-13)28-17(29)12-27(2)23(28)31)22-24-15-10-16(32-3)19(33-4)20(34-5)18(15)21(30)25-22/h6-10,12,29H,11H2,1-5H3,(H,24,25,30). The van der Waals surface area contributed by atoms with Gasteiger partial charge in [0.15, 0.2) is 11.5 Å².